The Labute approximate surface area is 121 Å². The lowest BCUT2D eigenvalue weighted by molar-refractivity contribution is 0.0615. The van der Waals surface area contributed by atoms with Crippen LogP contribution < -0.4 is 0 Å². The highest BCUT2D eigenvalue weighted by molar-refractivity contribution is 14.1. The lowest BCUT2D eigenvalue weighted by Gasteiger charge is -2.33. The van der Waals surface area contributed by atoms with Crippen molar-refractivity contribution in [2.75, 3.05) is 0 Å². The van der Waals surface area contributed by atoms with E-state index in [1.54, 1.807) is 18.7 Å². The average molecular weight is 354 g/mol. The van der Waals surface area contributed by atoms with Gasteiger partial charge in [-0.2, -0.15) is 5.26 Å². The van der Waals surface area contributed by atoms with Crippen molar-refractivity contribution in [1.29, 1.82) is 5.26 Å². The van der Waals surface area contributed by atoms with Crippen molar-refractivity contribution in [3.63, 3.8) is 0 Å². The van der Waals surface area contributed by atoms with E-state index < -0.39 is 5.54 Å². The summed E-state index contributed by atoms with van der Waals surface area (Å²) in [6.07, 6.45) is 2.00. The van der Waals surface area contributed by atoms with Gasteiger partial charge >= 0.3 is 0 Å². The van der Waals surface area contributed by atoms with Gasteiger partial charge in [0.1, 0.15) is 5.54 Å². The molecule has 4 heteroatoms. The Balaban J connectivity index is 2.33. The first-order valence-electron chi connectivity index (χ1n) is 5.96. The van der Waals surface area contributed by atoms with Crippen LogP contribution in [0, 0.1) is 14.9 Å². The van der Waals surface area contributed by atoms with E-state index in [9.17, 15) is 10.1 Å². The molecule has 0 aliphatic heterocycles. The number of nitrogens with zero attached hydrogens (tertiary/aromatic N) is 2. The van der Waals surface area contributed by atoms with Crippen molar-refractivity contribution in [2.24, 2.45) is 0 Å². The second kappa shape index (κ2) is 4.88. The van der Waals surface area contributed by atoms with Gasteiger partial charge in [-0.05, 0) is 67.5 Å². The molecule has 1 fully saturated rings. The third kappa shape index (κ3) is 2.66. The fraction of sp³-hybridized carbons (Fsp3) is 0.429. The molecule has 0 aromatic heterocycles. The Hall–Kier alpha value is -1.09. The standard InChI is InChI=1S/C14H15IN2O/c1-14(2,9-16)17(12-6-7-12)13(18)10-4-3-5-11(15)8-10/h3-5,8,12H,6-7H2,1-2H3. The molecule has 0 radical (unpaired) electrons. The smallest absolute Gasteiger partial charge is 0.255 e. The minimum Gasteiger partial charge on any atom is -0.317 e. The van der Waals surface area contributed by atoms with Crippen LogP contribution in [0.4, 0.5) is 0 Å². The third-order valence-corrected chi connectivity index (χ3v) is 3.75. The van der Waals surface area contributed by atoms with Gasteiger partial charge in [-0.3, -0.25) is 4.79 Å². The van der Waals surface area contributed by atoms with Crippen molar-refractivity contribution in [3.8, 4) is 6.07 Å². The van der Waals surface area contributed by atoms with Crippen LogP contribution in [0.25, 0.3) is 0 Å². The first-order valence-corrected chi connectivity index (χ1v) is 7.04. The van der Waals surface area contributed by atoms with Gasteiger partial charge in [-0.1, -0.05) is 6.07 Å². The Morgan fingerprint density at radius 1 is 1.50 bits per heavy atom. The van der Waals surface area contributed by atoms with Gasteiger partial charge in [0.25, 0.3) is 5.91 Å². The zero-order valence-electron chi connectivity index (χ0n) is 10.5. The second-order valence-corrected chi connectivity index (χ2v) is 6.33. The fourth-order valence-corrected chi connectivity index (χ4v) is 2.57. The van der Waals surface area contributed by atoms with E-state index in [4.69, 9.17) is 0 Å². The summed E-state index contributed by atoms with van der Waals surface area (Å²) in [6, 6.07) is 9.96. The van der Waals surface area contributed by atoms with E-state index in [0.717, 1.165) is 16.4 Å². The normalized spacial score (nSPS) is 15.0. The molecule has 0 bridgehead atoms. The monoisotopic (exact) mass is 354 g/mol. The van der Waals surface area contributed by atoms with Crippen LogP contribution in [0.2, 0.25) is 0 Å². The Morgan fingerprint density at radius 3 is 2.67 bits per heavy atom. The highest BCUT2D eigenvalue weighted by Crippen LogP contribution is 2.34. The molecule has 0 saturated heterocycles. The number of rotatable bonds is 3. The minimum atomic E-state index is -0.750. The average Bonchev–Trinajstić information content (AvgIpc) is 3.13. The van der Waals surface area contributed by atoms with Crippen molar-refractivity contribution >= 4 is 28.5 Å². The quantitative estimate of drug-likeness (QED) is 0.783. The first kappa shape index (κ1) is 13.3. The maximum atomic E-state index is 12.6. The molecular formula is C14H15IN2O. The van der Waals surface area contributed by atoms with Crippen molar-refractivity contribution in [3.05, 3.63) is 33.4 Å². The third-order valence-electron chi connectivity index (χ3n) is 3.08. The van der Waals surface area contributed by atoms with Gasteiger partial charge in [0.05, 0.1) is 6.07 Å². The molecule has 0 N–H and O–H groups in total. The van der Waals surface area contributed by atoms with Gasteiger partial charge in [0.2, 0.25) is 0 Å². The number of carbonyl (C=O) groups is 1. The first-order chi connectivity index (χ1) is 8.45. The molecule has 1 aliphatic carbocycles. The van der Waals surface area contributed by atoms with E-state index in [1.807, 2.05) is 24.3 Å². The molecular weight excluding hydrogens is 339 g/mol. The lowest BCUT2D eigenvalue weighted by atomic mass is 10.0. The summed E-state index contributed by atoms with van der Waals surface area (Å²) in [7, 11) is 0. The number of hydrogen-bond acceptors (Lipinski definition) is 2. The summed E-state index contributed by atoms with van der Waals surface area (Å²) >= 11 is 2.19. The van der Waals surface area contributed by atoms with Crippen LogP contribution in [0.15, 0.2) is 24.3 Å². The lowest BCUT2D eigenvalue weighted by Crippen LogP contribution is -2.48. The largest absolute Gasteiger partial charge is 0.317 e. The van der Waals surface area contributed by atoms with Crippen molar-refractivity contribution in [1.82, 2.24) is 4.90 Å². The number of halogens is 1. The van der Waals surface area contributed by atoms with Gasteiger partial charge < -0.3 is 4.90 Å². The summed E-state index contributed by atoms with van der Waals surface area (Å²) in [5.41, 5.74) is -0.0865. The topological polar surface area (TPSA) is 44.1 Å². The summed E-state index contributed by atoms with van der Waals surface area (Å²) < 4.78 is 1.03. The van der Waals surface area contributed by atoms with Crippen molar-refractivity contribution in [2.45, 2.75) is 38.3 Å². The summed E-state index contributed by atoms with van der Waals surface area (Å²) in [5.74, 6) is -0.0393. The van der Waals surface area contributed by atoms with Gasteiger partial charge in [0.15, 0.2) is 0 Å². The van der Waals surface area contributed by atoms with Crippen LogP contribution in [0.3, 0.4) is 0 Å². The van der Waals surface area contributed by atoms with Crippen molar-refractivity contribution < 1.29 is 4.79 Å². The number of benzene rings is 1. The van der Waals surface area contributed by atoms with E-state index in [1.165, 1.54) is 0 Å². The predicted molar refractivity (Wildman–Crippen MR) is 78.0 cm³/mol. The zero-order chi connectivity index (χ0) is 13.3. The Morgan fingerprint density at radius 2 is 2.17 bits per heavy atom. The molecule has 1 aromatic rings. The summed E-state index contributed by atoms with van der Waals surface area (Å²) in [6.45, 7) is 3.61. The molecule has 0 heterocycles. The Bertz CT molecular complexity index is 515. The van der Waals surface area contributed by atoms with Crippen LogP contribution in [0.1, 0.15) is 37.0 Å². The molecule has 1 amide bonds. The molecule has 0 unspecified atom stereocenters. The molecule has 1 aliphatic rings. The maximum absolute atomic E-state index is 12.6. The summed E-state index contributed by atoms with van der Waals surface area (Å²) in [4.78, 5) is 14.3. The highest BCUT2D eigenvalue weighted by Gasteiger charge is 2.42. The molecule has 2 rings (SSSR count). The van der Waals surface area contributed by atoms with Crippen LogP contribution in [-0.2, 0) is 0 Å². The molecule has 1 saturated carbocycles. The molecule has 3 nitrogen and oxygen atoms in total. The van der Waals surface area contributed by atoms with E-state index in [2.05, 4.69) is 28.7 Å². The van der Waals surface area contributed by atoms with E-state index in [0.29, 0.717) is 5.56 Å². The van der Waals surface area contributed by atoms with E-state index >= 15 is 0 Å². The second-order valence-electron chi connectivity index (χ2n) is 5.09. The highest BCUT2D eigenvalue weighted by atomic mass is 127. The predicted octanol–water partition coefficient (Wildman–Crippen LogP) is 3.20. The van der Waals surface area contributed by atoms with Gasteiger partial charge in [-0.25, -0.2) is 0 Å². The molecule has 1 aromatic carbocycles. The summed E-state index contributed by atoms with van der Waals surface area (Å²) in [5, 5.41) is 9.25. The minimum absolute atomic E-state index is 0.0393. The molecule has 18 heavy (non-hydrogen) atoms. The zero-order valence-corrected chi connectivity index (χ0v) is 12.6. The van der Waals surface area contributed by atoms with Gasteiger partial charge in [-0.15, -0.1) is 0 Å². The van der Waals surface area contributed by atoms with E-state index in [-0.39, 0.29) is 11.9 Å². The molecule has 94 valence electrons. The molecule has 0 atom stereocenters. The maximum Gasteiger partial charge on any atom is 0.255 e. The van der Waals surface area contributed by atoms with Crippen LogP contribution in [0.5, 0.6) is 0 Å². The fourth-order valence-electron chi connectivity index (χ4n) is 2.02. The number of carbonyl (C=O) groups excluding carboxylic acids is 1. The number of nitriles is 1. The van der Waals surface area contributed by atoms with Crippen LogP contribution in [-0.4, -0.2) is 22.4 Å². The molecule has 0 spiro atoms. The number of amides is 1. The Kier molecular flexibility index (Phi) is 3.62. The number of hydrogen-bond donors (Lipinski definition) is 0. The van der Waals surface area contributed by atoms with Crippen LogP contribution >= 0.6 is 22.6 Å². The SMILES string of the molecule is CC(C)(C#N)N(C(=O)c1cccc(I)c1)C1CC1. The van der Waals surface area contributed by atoms with Gasteiger partial charge in [0, 0.05) is 15.2 Å².